The molecule has 4 saturated carbocycles. The van der Waals surface area contributed by atoms with E-state index in [1.165, 1.54) is 31.2 Å². The van der Waals surface area contributed by atoms with Crippen molar-refractivity contribution in [1.82, 2.24) is 15.6 Å². The lowest BCUT2D eigenvalue weighted by molar-refractivity contribution is -0.417. The van der Waals surface area contributed by atoms with Crippen molar-refractivity contribution in [2.45, 2.75) is 202 Å². The van der Waals surface area contributed by atoms with Crippen molar-refractivity contribution in [3.8, 4) is 0 Å². The zero-order chi connectivity index (χ0) is 57.8. The van der Waals surface area contributed by atoms with Crippen LogP contribution in [0.3, 0.4) is 0 Å². The summed E-state index contributed by atoms with van der Waals surface area (Å²) >= 11 is 0. The molecule has 21 atom stereocenters. The van der Waals surface area contributed by atoms with Crippen LogP contribution in [0.1, 0.15) is 123 Å². The molecule has 0 spiro atoms. The van der Waals surface area contributed by atoms with Gasteiger partial charge in [0.1, 0.15) is 11.7 Å². The molecule has 8 rings (SSSR count). The first-order valence-electron chi connectivity index (χ1n) is 27.1. The largest absolute Gasteiger partial charge is 0.392 e. The molecule has 5 aliphatic rings. The molecule has 0 aromatic heterocycles. The highest BCUT2D eigenvalue weighted by Gasteiger charge is 2.78. The summed E-state index contributed by atoms with van der Waals surface area (Å²) in [6, 6.07) is 20.2. The Bertz CT molecular complexity index is 2580. The van der Waals surface area contributed by atoms with Gasteiger partial charge in [-0.3, -0.25) is 5.32 Å². The van der Waals surface area contributed by atoms with Gasteiger partial charge in [0.2, 0.25) is 6.41 Å². The number of sulfonamides is 1. The number of hydrogen-bond donors (Lipinski definition) is 14. The molecule has 1 heterocycles. The van der Waals surface area contributed by atoms with Crippen molar-refractivity contribution in [3.63, 3.8) is 0 Å². The van der Waals surface area contributed by atoms with Crippen LogP contribution in [0.5, 0.6) is 0 Å². The highest BCUT2D eigenvalue weighted by Crippen LogP contribution is 2.66. The van der Waals surface area contributed by atoms with E-state index in [-0.39, 0.29) is 29.9 Å². The van der Waals surface area contributed by atoms with Crippen LogP contribution < -0.4 is 15.6 Å². The van der Waals surface area contributed by atoms with E-state index in [0.29, 0.717) is 24.0 Å². The minimum absolute atomic E-state index is 0.0811. The Balaban J connectivity index is 1.15. The van der Waals surface area contributed by atoms with Crippen LogP contribution in [0.25, 0.3) is 0 Å². The Morgan fingerprint density at radius 1 is 0.797 bits per heavy atom. The van der Waals surface area contributed by atoms with E-state index in [2.05, 4.69) is 15.6 Å². The molecule has 5 fully saturated rings. The van der Waals surface area contributed by atoms with Crippen molar-refractivity contribution in [1.29, 1.82) is 0 Å². The smallest absolute Gasteiger partial charge is 0.253 e. The molecule has 1 saturated heterocycles. The monoisotopic (exact) mass is 1130 g/mol. The predicted molar refractivity (Wildman–Crippen MR) is 281 cm³/mol. The van der Waals surface area contributed by atoms with Gasteiger partial charge in [-0.25, -0.2) is 13.8 Å². The van der Waals surface area contributed by atoms with Crippen LogP contribution in [0.15, 0.2) is 89.8 Å². The molecule has 14 N–H and O–H groups in total. The van der Waals surface area contributed by atoms with Crippen molar-refractivity contribution in [2.75, 3.05) is 6.61 Å². The molecule has 79 heavy (non-hydrogen) atoms. The molecule has 3 aromatic carbocycles. The van der Waals surface area contributed by atoms with E-state index in [9.17, 15) is 64.6 Å². The third-order valence-corrected chi connectivity index (χ3v) is 19.1. The summed E-state index contributed by atoms with van der Waals surface area (Å²) in [4.78, 5) is 2.22. The molecule has 23 heteroatoms. The standard InChI is InChI=1S/C56H83N3O19S/c1-29-37(27-56(70)46(76-48(66)33-17-13-10-14-18-33)44-54(8,45(63)42(62)40(29)53(56,6)7)38(61)26-39-55(44,28-73-39)77-30(2)60)74-50(68)43(41(31-15-11-9-12-16-31)57-51(69)78-52(3,4)5)75-49(67)34-19-22-35(25-34)58-59-79(71,72)36-23-20-32(21-24-36)47(64)65/h9-18,20-21,23-24,29-30,34-35,37-51,57-70H,19,22,25-28H2,1-8H3/t29?,30?,34?,35?,37-,38?,39?,40?,41-,42?,43+,44-,45?,46-,48?,49?,50?,51?,54?,55-,56?/m1/s1. The van der Waals surface area contributed by atoms with Gasteiger partial charge in [-0.05, 0) is 70.6 Å². The van der Waals surface area contributed by atoms with E-state index in [1.807, 2.05) is 0 Å². The molecule has 3 aromatic rings. The van der Waals surface area contributed by atoms with Gasteiger partial charge >= 0.3 is 0 Å². The summed E-state index contributed by atoms with van der Waals surface area (Å²) < 4.78 is 64.7. The molecule has 442 valence electrons. The predicted octanol–water partition coefficient (Wildman–Crippen LogP) is 1.56. The molecule has 2 bridgehead atoms. The van der Waals surface area contributed by atoms with E-state index in [0.717, 1.165) is 0 Å². The lowest BCUT2D eigenvalue weighted by Crippen LogP contribution is -2.83. The second-order valence-electron chi connectivity index (χ2n) is 24.2. The minimum Gasteiger partial charge on any atom is -0.392 e. The number of rotatable bonds is 21. The van der Waals surface area contributed by atoms with Crippen molar-refractivity contribution in [3.05, 3.63) is 102 Å². The SMILES string of the molecule is CC(O)O[C@]12COC1CC(O)C1(C)C(O)C(O)C3C(C)[C@H](OC(O)[C@@H](OC(O)C4CCC(NNS(=O)(=O)c5ccc(C(O)O)cc5)C4)[C@H](NC(O)OC(C)(C)C)c4ccccc4)CC(O)([C@H](OC(O)c4ccccc4)[C@H]12)C3(C)C. The van der Waals surface area contributed by atoms with E-state index < -0.39 is 160 Å². The number of ether oxygens (including phenoxy) is 6. The quantitative estimate of drug-likeness (QED) is 0.0531. The summed E-state index contributed by atoms with van der Waals surface area (Å²) in [7, 11) is -4.13. The molecule has 22 nitrogen and oxygen atoms in total. The van der Waals surface area contributed by atoms with E-state index in [4.69, 9.17) is 28.4 Å². The number of aliphatic hydroxyl groups excluding tert-OH is 9. The van der Waals surface area contributed by atoms with Gasteiger partial charge in [-0.15, -0.1) is 4.83 Å². The summed E-state index contributed by atoms with van der Waals surface area (Å²) in [6.07, 6.45) is -20.3. The fraction of sp³-hybridized carbons (Fsp3) is 0.679. The van der Waals surface area contributed by atoms with Crippen LogP contribution in [0.4, 0.5) is 0 Å². The van der Waals surface area contributed by atoms with Crippen LogP contribution >= 0.6 is 0 Å². The lowest BCUT2D eigenvalue weighted by atomic mass is 9.42. The lowest BCUT2D eigenvalue weighted by Gasteiger charge is -2.71. The fourth-order valence-electron chi connectivity index (χ4n) is 13.6. The zero-order valence-electron chi connectivity index (χ0n) is 45.9. The van der Waals surface area contributed by atoms with Gasteiger partial charge in [0, 0.05) is 58.6 Å². The molecule has 4 aliphatic carbocycles. The number of hydrazine groups is 1. The highest BCUT2D eigenvalue weighted by atomic mass is 32.2. The maximum absolute atomic E-state index is 14.0. The number of benzene rings is 3. The third-order valence-electron chi connectivity index (χ3n) is 17.8. The summed E-state index contributed by atoms with van der Waals surface area (Å²) in [5.41, 5.74) is -4.25. The van der Waals surface area contributed by atoms with E-state index in [1.54, 1.807) is 109 Å². The van der Waals surface area contributed by atoms with Crippen LogP contribution in [0.2, 0.25) is 0 Å². The Morgan fingerprint density at radius 3 is 1.99 bits per heavy atom. The number of aliphatic hydroxyl groups is 11. The first kappa shape index (κ1) is 61.9. The Kier molecular flexibility index (Phi) is 18.7. The van der Waals surface area contributed by atoms with Gasteiger partial charge in [0.25, 0.3) is 10.0 Å². The summed E-state index contributed by atoms with van der Waals surface area (Å²) in [6.45, 7) is 13.1. The third kappa shape index (κ3) is 12.3. The first-order valence-corrected chi connectivity index (χ1v) is 28.6. The average Bonchev–Trinajstić information content (AvgIpc) is 4.03. The zero-order valence-corrected chi connectivity index (χ0v) is 46.7. The minimum atomic E-state index is -4.13. The molecule has 0 amide bonds. The van der Waals surface area contributed by atoms with Gasteiger partial charge in [0.05, 0.1) is 65.4 Å². The maximum atomic E-state index is 14.0. The molecular weight excluding hydrogens is 1050 g/mol. The van der Waals surface area contributed by atoms with E-state index >= 15 is 0 Å². The second-order valence-corrected chi connectivity index (χ2v) is 25.9. The number of fused-ring (bicyclic) bond motifs is 5. The van der Waals surface area contributed by atoms with Crippen molar-refractivity contribution < 1.29 is 93.0 Å². The normalized spacial score (nSPS) is 36.3. The second kappa shape index (κ2) is 23.8. The summed E-state index contributed by atoms with van der Waals surface area (Å²) in [5.74, 6) is -3.96. The maximum Gasteiger partial charge on any atom is 0.253 e. The van der Waals surface area contributed by atoms with Crippen molar-refractivity contribution >= 4 is 10.0 Å². The average molecular weight is 1130 g/mol. The molecule has 15 unspecified atom stereocenters. The Morgan fingerprint density at radius 2 is 1.42 bits per heavy atom. The molecular formula is C56H83N3O19S. The number of hydrogen-bond acceptors (Lipinski definition) is 21. The fourth-order valence-corrected chi connectivity index (χ4v) is 14.6. The van der Waals surface area contributed by atoms with Crippen LogP contribution in [-0.2, 0) is 38.4 Å². The Hall–Kier alpha value is -3.19. The highest BCUT2D eigenvalue weighted by molar-refractivity contribution is 7.89. The van der Waals surface area contributed by atoms with Crippen LogP contribution in [-0.4, -0.2) is 162 Å². The van der Waals surface area contributed by atoms with Gasteiger partial charge in [-0.1, -0.05) is 100 Å². The molecule has 1 aliphatic heterocycles. The van der Waals surface area contributed by atoms with Gasteiger partial charge < -0.3 is 84.6 Å². The Labute approximate surface area is 461 Å². The summed E-state index contributed by atoms with van der Waals surface area (Å²) in [5, 5.41) is 133. The molecule has 0 radical (unpaired) electrons. The van der Waals surface area contributed by atoms with Gasteiger partial charge in [-0.2, -0.15) is 0 Å². The van der Waals surface area contributed by atoms with Gasteiger partial charge in [0.15, 0.2) is 31.5 Å². The van der Waals surface area contributed by atoms with Crippen LogP contribution in [0, 0.1) is 34.5 Å². The van der Waals surface area contributed by atoms with Crippen molar-refractivity contribution in [2.24, 2.45) is 34.5 Å². The topological polar surface area (TPSA) is 348 Å². The number of nitrogens with one attached hydrogen (secondary N) is 3. The first-order chi connectivity index (χ1) is 36.9.